The maximum absolute atomic E-state index is 13.7. The fourth-order valence-corrected chi connectivity index (χ4v) is 5.21. The van der Waals surface area contributed by atoms with Crippen LogP contribution in [0, 0.1) is 20.8 Å². The average molecular weight is 476 g/mol. The van der Waals surface area contributed by atoms with Gasteiger partial charge in [0.15, 0.2) is 5.75 Å². The number of benzene rings is 3. The van der Waals surface area contributed by atoms with E-state index in [0.717, 1.165) is 45.6 Å². The molecule has 6 heteroatoms. The van der Waals surface area contributed by atoms with Crippen LogP contribution in [0.25, 0.3) is 10.1 Å². The Morgan fingerprint density at radius 2 is 1.65 bits per heavy atom. The van der Waals surface area contributed by atoms with Crippen molar-refractivity contribution in [3.63, 3.8) is 0 Å². The standard InChI is InChI=1S/C28H29NO4S/c1-5-29-12-13-32-21-7-9-22(10-8-21)33-27-23-11-6-20(30)16-24(23)34-28(27)26(31)25-18(3)14-17(2)15-19(25)4/h6-11,14-16,29-30H,5,12-13H2,1-4H3. The minimum Gasteiger partial charge on any atom is -0.508 e. The van der Waals surface area contributed by atoms with Gasteiger partial charge in [-0.05, 0) is 80.9 Å². The number of ether oxygens (including phenoxy) is 2. The van der Waals surface area contributed by atoms with Crippen molar-refractivity contribution in [1.82, 2.24) is 5.32 Å². The van der Waals surface area contributed by atoms with Crippen LogP contribution < -0.4 is 14.8 Å². The van der Waals surface area contributed by atoms with Crippen LogP contribution in [0.1, 0.15) is 38.8 Å². The number of likely N-dealkylation sites (N-methyl/N-ethyl adjacent to an activating group) is 1. The molecule has 0 aliphatic heterocycles. The number of carbonyl (C=O) groups excluding carboxylic acids is 1. The van der Waals surface area contributed by atoms with Gasteiger partial charge in [0.1, 0.15) is 28.7 Å². The van der Waals surface area contributed by atoms with E-state index in [1.165, 1.54) is 11.3 Å². The first kappa shape index (κ1) is 23.8. The number of nitrogens with one attached hydrogen (secondary N) is 1. The molecule has 1 aromatic heterocycles. The molecule has 0 amide bonds. The lowest BCUT2D eigenvalue weighted by Crippen LogP contribution is -2.20. The first-order valence-electron chi connectivity index (χ1n) is 11.4. The molecular weight excluding hydrogens is 446 g/mol. The predicted octanol–water partition coefficient (Wildman–Crippen LogP) is 6.54. The number of thiophene rings is 1. The molecule has 3 aromatic carbocycles. The molecule has 5 nitrogen and oxygen atoms in total. The molecule has 0 radical (unpaired) electrons. The minimum atomic E-state index is -0.0749. The minimum absolute atomic E-state index is 0.0749. The predicted molar refractivity (Wildman–Crippen MR) is 138 cm³/mol. The number of phenolic OH excluding ortho intramolecular Hbond substituents is 1. The molecule has 0 saturated carbocycles. The van der Waals surface area contributed by atoms with Crippen LogP contribution in [0.15, 0.2) is 54.6 Å². The normalized spacial score (nSPS) is 11.1. The van der Waals surface area contributed by atoms with Gasteiger partial charge in [-0.2, -0.15) is 0 Å². The van der Waals surface area contributed by atoms with Gasteiger partial charge in [0.25, 0.3) is 0 Å². The first-order chi connectivity index (χ1) is 16.4. The molecule has 1 heterocycles. The van der Waals surface area contributed by atoms with Gasteiger partial charge in [0.2, 0.25) is 5.78 Å². The molecule has 0 spiro atoms. The summed E-state index contributed by atoms with van der Waals surface area (Å²) in [5.74, 6) is 1.95. The summed E-state index contributed by atoms with van der Waals surface area (Å²) in [6, 6.07) is 16.5. The van der Waals surface area contributed by atoms with Crippen molar-refractivity contribution in [1.29, 1.82) is 0 Å². The van der Waals surface area contributed by atoms with Crippen LogP contribution in [0.3, 0.4) is 0 Å². The van der Waals surface area contributed by atoms with E-state index < -0.39 is 0 Å². The molecule has 0 atom stereocenters. The van der Waals surface area contributed by atoms with Crippen LogP contribution in [0.4, 0.5) is 0 Å². The summed E-state index contributed by atoms with van der Waals surface area (Å²) in [7, 11) is 0. The number of aromatic hydroxyl groups is 1. The lowest BCUT2D eigenvalue weighted by molar-refractivity contribution is 0.103. The lowest BCUT2D eigenvalue weighted by atomic mass is 9.95. The van der Waals surface area contributed by atoms with E-state index in [0.29, 0.717) is 28.5 Å². The Morgan fingerprint density at radius 3 is 2.32 bits per heavy atom. The zero-order valence-corrected chi connectivity index (χ0v) is 20.7. The zero-order valence-electron chi connectivity index (χ0n) is 19.9. The second kappa shape index (κ2) is 10.3. The first-order valence-corrected chi connectivity index (χ1v) is 12.2. The number of hydrogen-bond donors (Lipinski definition) is 2. The summed E-state index contributed by atoms with van der Waals surface area (Å²) >= 11 is 1.33. The Kier molecular flexibility index (Phi) is 7.20. The number of aryl methyl sites for hydroxylation is 3. The Hall–Kier alpha value is -3.35. The van der Waals surface area contributed by atoms with E-state index in [9.17, 15) is 9.90 Å². The van der Waals surface area contributed by atoms with E-state index >= 15 is 0 Å². The maximum Gasteiger partial charge on any atom is 0.207 e. The van der Waals surface area contributed by atoms with Gasteiger partial charge in [0.05, 0.1) is 0 Å². The third kappa shape index (κ3) is 5.08. The molecule has 0 bridgehead atoms. The molecule has 4 aromatic rings. The zero-order chi connectivity index (χ0) is 24.2. The van der Waals surface area contributed by atoms with Gasteiger partial charge < -0.3 is 19.9 Å². The highest BCUT2D eigenvalue weighted by atomic mass is 32.1. The summed E-state index contributed by atoms with van der Waals surface area (Å²) < 4.78 is 12.8. The summed E-state index contributed by atoms with van der Waals surface area (Å²) in [4.78, 5) is 14.2. The number of carbonyl (C=O) groups is 1. The molecule has 176 valence electrons. The van der Waals surface area contributed by atoms with E-state index in [4.69, 9.17) is 9.47 Å². The number of hydrogen-bond acceptors (Lipinski definition) is 6. The number of ketones is 1. The summed E-state index contributed by atoms with van der Waals surface area (Å²) in [5, 5.41) is 14.0. The molecule has 0 unspecified atom stereocenters. The van der Waals surface area contributed by atoms with Gasteiger partial charge in [-0.15, -0.1) is 11.3 Å². The van der Waals surface area contributed by atoms with Gasteiger partial charge in [-0.3, -0.25) is 4.79 Å². The van der Waals surface area contributed by atoms with Crippen molar-refractivity contribution in [2.75, 3.05) is 19.7 Å². The fourth-order valence-electron chi connectivity index (χ4n) is 4.10. The van der Waals surface area contributed by atoms with Crippen LogP contribution >= 0.6 is 11.3 Å². The second-order valence-corrected chi connectivity index (χ2v) is 9.37. The molecule has 0 fully saturated rings. The summed E-state index contributed by atoms with van der Waals surface area (Å²) in [6.45, 7) is 10.3. The second-order valence-electron chi connectivity index (χ2n) is 8.32. The van der Waals surface area contributed by atoms with E-state index in [-0.39, 0.29) is 11.5 Å². The molecule has 34 heavy (non-hydrogen) atoms. The molecule has 0 aliphatic rings. The molecule has 2 N–H and O–H groups in total. The highest BCUT2D eigenvalue weighted by Crippen LogP contribution is 2.43. The van der Waals surface area contributed by atoms with E-state index in [2.05, 4.69) is 12.2 Å². The smallest absolute Gasteiger partial charge is 0.207 e. The molecule has 0 aliphatic carbocycles. The number of phenols is 1. The molecule has 4 rings (SSSR count). The van der Waals surface area contributed by atoms with Crippen LogP contribution in [-0.2, 0) is 0 Å². The van der Waals surface area contributed by atoms with Crippen molar-refractivity contribution in [3.05, 3.63) is 81.7 Å². The van der Waals surface area contributed by atoms with Crippen LogP contribution in [-0.4, -0.2) is 30.6 Å². The summed E-state index contributed by atoms with van der Waals surface area (Å²) in [6.07, 6.45) is 0. The van der Waals surface area contributed by atoms with Gasteiger partial charge >= 0.3 is 0 Å². The van der Waals surface area contributed by atoms with Crippen molar-refractivity contribution >= 4 is 27.2 Å². The molecule has 0 saturated heterocycles. The van der Waals surface area contributed by atoms with E-state index in [1.807, 2.05) is 57.2 Å². The highest BCUT2D eigenvalue weighted by Gasteiger charge is 2.24. The van der Waals surface area contributed by atoms with Crippen LogP contribution in [0.5, 0.6) is 23.0 Å². The largest absolute Gasteiger partial charge is 0.508 e. The van der Waals surface area contributed by atoms with Crippen molar-refractivity contribution < 1.29 is 19.4 Å². The molecular formula is C28H29NO4S. The van der Waals surface area contributed by atoms with Gasteiger partial charge in [0, 0.05) is 22.2 Å². The Morgan fingerprint density at radius 1 is 0.971 bits per heavy atom. The fraction of sp³-hybridized carbons (Fsp3) is 0.250. The van der Waals surface area contributed by atoms with Crippen molar-refractivity contribution in [2.45, 2.75) is 27.7 Å². The maximum atomic E-state index is 13.7. The van der Waals surface area contributed by atoms with Gasteiger partial charge in [-0.25, -0.2) is 0 Å². The Labute approximate surface area is 204 Å². The summed E-state index contributed by atoms with van der Waals surface area (Å²) in [5.41, 5.74) is 3.69. The monoisotopic (exact) mass is 475 g/mol. The number of fused-ring (bicyclic) bond motifs is 1. The van der Waals surface area contributed by atoms with Crippen molar-refractivity contribution in [2.24, 2.45) is 0 Å². The topological polar surface area (TPSA) is 67.8 Å². The third-order valence-corrected chi connectivity index (χ3v) is 6.71. The lowest BCUT2D eigenvalue weighted by Gasteiger charge is -2.12. The SMILES string of the molecule is CCNCCOc1ccc(Oc2c(C(=O)c3c(C)cc(C)cc3C)sc3cc(O)ccc23)cc1. The number of rotatable bonds is 9. The van der Waals surface area contributed by atoms with Gasteiger partial charge in [-0.1, -0.05) is 24.6 Å². The van der Waals surface area contributed by atoms with Crippen LogP contribution in [0.2, 0.25) is 0 Å². The van der Waals surface area contributed by atoms with E-state index in [1.54, 1.807) is 18.2 Å². The van der Waals surface area contributed by atoms with Crippen molar-refractivity contribution in [3.8, 4) is 23.0 Å². The quantitative estimate of drug-likeness (QED) is 0.212. The highest BCUT2D eigenvalue weighted by molar-refractivity contribution is 7.21. The third-order valence-electron chi connectivity index (χ3n) is 5.58. The Bertz CT molecular complexity index is 1300. The Balaban J connectivity index is 1.69. The average Bonchev–Trinajstić information content (AvgIpc) is 3.14.